The predicted octanol–water partition coefficient (Wildman–Crippen LogP) is 2.64. The third-order valence-corrected chi connectivity index (χ3v) is 3.96. The van der Waals surface area contributed by atoms with Gasteiger partial charge in [0.1, 0.15) is 0 Å². The molecule has 0 saturated carbocycles. The van der Waals surface area contributed by atoms with E-state index >= 15 is 0 Å². The topological polar surface area (TPSA) is 29.9 Å². The maximum Gasteiger partial charge on any atom is 0.0521 e. The summed E-state index contributed by atoms with van der Waals surface area (Å²) in [5.74, 6) is 0. The molecule has 2 rings (SSSR count). The average Bonchev–Trinajstić information content (AvgIpc) is 2.98. The summed E-state index contributed by atoms with van der Waals surface area (Å²) in [4.78, 5) is 1.46. The summed E-state index contributed by atoms with van der Waals surface area (Å²) in [6, 6.07) is 4.91. The van der Waals surface area contributed by atoms with E-state index in [9.17, 15) is 0 Å². The van der Waals surface area contributed by atoms with Crippen molar-refractivity contribution in [3.8, 4) is 0 Å². The average molecular weight is 263 g/mol. The zero-order chi connectivity index (χ0) is 12.8. The second-order valence-corrected chi connectivity index (χ2v) is 5.63. The van der Waals surface area contributed by atoms with Gasteiger partial charge in [0.2, 0.25) is 0 Å². The molecule has 0 aliphatic carbocycles. The van der Waals surface area contributed by atoms with Crippen molar-refractivity contribution >= 4 is 11.3 Å². The van der Waals surface area contributed by atoms with Gasteiger partial charge in [-0.2, -0.15) is 5.10 Å². The molecule has 2 aromatic heterocycles. The molecule has 3 nitrogen and oxygen atoms in total. The van der Waals surface area contributed by atoms with Crippen LogP contribution in [0.25, 0.3) is 0 Å². The van der Waals surface area contributed by atoms with Crippen LogP contribution in [0.1, 0.15) is 23.8 Å². The van der Waals surface area contributed by atoms with Crippen molar-refractivity contribution in [3.63, 3.8) is 0 Å². The summed E-state index contributed by atoms with van der Waals surface area (Å²) in [5, 5.41) is 9.94. The quantitative estimate of drug-likeness (QED) is 0.832. The fraction of sp³-hybridized carbons (Fsp3) is 0.500. The van der Waals surface area contributed by atoms with Gasteiger partial charge in [-0.3, -0.25) is 4.68 Å². The van der Waals surface area contributed by atoms with Crippen LogP contribution in [0.15, 0.2) is 29.9 Å². The van der Waals surface area contributed by atoms with Gasteiger partial charge in [0.05, 0.1) is 6.20 Å². The van der Waals surface area contributed by atoms with E-state index in [1.54, 1.807) is 0 Å². The smallest absolute Gasteiger partial charge is 0.0521 e. The maximum atomic E-state index is 4.21. The molecule has 0 aliphatic heterocycles. The molecule has 0 bridgehead atoms. The van der Waals surface area contributed by atoms with Crippen molar-refractivity contribution in [2.45, 2.75) is 32.2 Å². The molecule has 0 radical (unpaired) electrons. The summed E-state index contributed by atoms with van der Waals surface area (Å²) in [7, 11) is 1.97. The highest BCUT2D eigenvalue weighted by Gasteiger charge is 2.09. The fourth-order valence-electron chi connectivity index (χ4n) is 2.18. The van der Waals surface area contributed by atoms with Gasteiger partial charge in [0, 0.05) is 24.2 Å². The van der Waals surface area contributed by atoms with Crippen molar-refractivity contribution in [1.29, 1.82) is 0 Å². The molecule has 0 aromatic carbocycles. The minimum atomic E-state index is 0.564. The normalized spacial score (nSPS) is 12.8. The maximum absolute atomic E-state index is 4.21. The molecule has 2 heterocycles. The molecule has 0 aliphatic rings. The number of likely N-dealkylation sites (N-methyl/N-ethyl adjacent to an activating group) is 1. The number of hydrogen-bond acceptors (Lipinski definition) is 3. The van der Waals surface area contributed by atoms with Gasteiger partial charge in [-0.15, -0.1) is 11.3 Å². The first-order valence-corrected chi connectivity index (χ1v) is 7.39. The second kappa shape index (κ2) is 6.71. The zero-order valence-corrected chi connectivity index (χ0v) is 11.9. The molecular formula is C14H21N3S. The molecule has 1 unspecified atom stereocenters. The summed E-state index contributed by atoms with van der Waals surface area (Å²) >= 11 is 1.85. The zero-order valence-electron chi connectivity index (χ0n) is 11.1. The van der Waals surface area contributed by atoms with Crippen LogP contribution in [0.2, 0.25) is 0 Å². The van der Waals surface area contributed by atoms with Crippen molar-refractivity contribution in [2.75, 3.05) is 6.54 Å². The van der Waals surface area contributed by atoms with E-state index in [-0.39, 0.29) is 0 Å². The van der Waals surface area contributed by atoms with Gasteiger partial charge >= 0.3 is 0 Å². The number of aromatic nitrogens is 2. The molecule has 2 aromatic rings. The first-order valence-electron chi connectivity index (χ1n) is 6.51. The Morgan fingerprint density at radius 1 is 1.50 bits per heavy atom. The van der Waals surface area contributed by atoms with E-state index in [1.165, 1.54) is 10.4 Å². The lowest BCUT2D eigenvalue weighted by Gasteiger charge is -2.16. The van der Waals surface area contributed by atoms with E-state index in [0.29, 0.717) is 6.04 Å². The Morgan fingerprint density at radius 3 is 3.00 bits per heavy atom. The highest BCUT2D eigenvalue weighted by atomic mass is 32.1. The Morgan fingerprint density at radius 2 is 2.39 bits per heavy atom. The summed E-state index contributed by atoms with van der Waals surface area (Å²) < 4.78 is 1.87. The van der Waals surface area contributed by atoms with E-state index < -0.39 is 0 Å². The molecule has 0 fully saturated rings. The van der Waals surface area contributed by atoms with E-state index in [0.717, 1.165) is 25.8 Å². The standard InChI is InChI=1S/C14H21N3S/c1-3-15-13(9-14-5-4-8-18-14)7-6-12-10-16-17(2)11-12/h4-5,8,10-11,13,15H,3,6-7,9H2,1-2H3. The molecule has 4 heteroatoms. The summed E-state index contributed by atoms with van der Waals surface area (Å²) in [6.45, 7) is 3.20. The Balaban J connectivity index is 1.86. The van der Waals surface area contributed by atoms with Gasteiger partial charge in [-0.1, -0.05) is 13.0 Å². The van der Waals surface area contributed by atoms with Gasteiger partial charge in [-0.05, 0) is 42.8 Å². The number of thiophene rings is 1. The molecule has 0 spiro atoms. The van der Waals surface area contributed by atoms with Crippen LogP contribution in [0.5, 0.6) is 0 Å². The minimum Gasteiger partial charge on any atom is -0.314 e. The van der Waals surface area contributed by atoms with E-state index in [4.69, 9.17) is 0 Å². The van der Waals surface area contributed by atoms with Crippen LogP contribution in [-0.4, -0.2) is 22.4 Å². The summed E-state index contributed by atoms with van der Waals surface area (Å²) in [5.41, 5.74) is 1.33. The van der Waals surface area contributed by atoms with Gasteiger partial charge in [0.25, 0.3) is 0 Å². The Kier molecular flexibility index (Phi) is 4.96. The van der Waals surface area contributed by atoms with Crippen LogP contribution < -0.4 is 5.32 Å². The van der Waals surface area contributed by atoms with Gasteiger partial charge in [-0.25, -0.2) is 0 Å². The van der Waals surface area contributed by atoms with Crippen molar-refractivity contribution in [2.24, 2.45) is 7.05 Å². The fourth-order valence-corrected chi connectivity index (χ4v) is 2.96. The lowest BCUT2D eigenvalue weighted by atomic mass is 10.0. The van der Waals surface area contributed by atoms with E-state index in [1.807, 2.05) is 29.3 Å². The number of rotatable bonds is 7. The molecule has 1 atom stereocenters. The number of hydrogen-bond donors (Lipinski definition) is 1. The molecule has 0 saturated heterocycles. The largest absolute Gasteiger partial charge is 0.314 e. The highest BCUT2D eigenvalue weighted by Crippen LogP contribution is 2.14. The molecule has 0 amide bonds. The van der Waals surface area contributed by atoms with Gasteiger partial charge in [0.15, 0.2) is 0 Å². The number of aryl methyl sites for hydroxylation is 2. The van der Waals surface area contributed by atoms with Crippen LogP contribution in [0.3, 0.4) is 0 Å². The Labute approximate surface area is 113 Å². The first-order chi connectivity index (χ1) is 8.78. The second-order valence-electron chi connectivity index (χ2n) is 4.60. The lowest BCUT2D eigenvalue weighted by Crippen LogP contribution is -2.31. The van der Waals surface area contributed by atoms with Crippen molar-refractivity contribution in [3.05, 3.63) is 40.3 Å². The molecule has 98 valence electrons. The van der Waals surface area contributed by atoms with Crippen LogP contribution in [0, 0.1) is 0 Å². The Hall–Kier alpha value is -1.13. The van der Waals surface area contributed by atoms with E-state index in [2.05, 4.69) is 41.0 Å². The van der Waals surface area contributed by atoms with Crippen molar-refractivity contribution < 1.29 is 0 Å². The predicted molar refractivity (Wildman–Crippen MR) is 77.0 cm³/mol. The number of nitrogens with zero attached hydrogens (tertiary/aromatic N) is 2. The van der Waals surface area contributed by atoms with Crippen molar-refractivity contribution in [1.82, 2.24) is 15.1 Å². The lowest BCUT2D eigenvalue weighted by molar-refractivity contribution is 0.493. The third kappa shape index (κ3) is 3.96. The first kappa shape index (κ1) is 13.3. The Bertz CT molecular complexity index is 447. The molecular weight excluding hydrogens is 242 g/mol. The SMILES string of the molecule is CCNC(CCc1cnn(C)c1)Cc1cccs1. The summed E-state index contributed by atoms with van der Waals surface area (Å²) in [6.07, 6.45) is 7.46. The highest BCUT2D eigenvalue weighted by molar-refractivity contribution is 7.09. The van der Waals surface area contributed by atoms with Crippen LogP contribution in [0.4, 0.5) is 0 Å². The van der Waals surface area contributed by atoms with Crippen LogP contribution >= 0.6 is 11.3 Å². The van der Waals surface area contributed by atoms with Crippen LogP contribution in [-0.2, 0) is 19.9 Å². The molecule has 18 heavy (non-hydrogen) atoms. The third-order valence-electron chi connectivity index (χ3n) is 3.06. The number of nitrogens with one attached hydrogen (secondary N) is 1. The van der Waals surface area contributed by atoms with Gasteiger partial charge < -0.3 is 5.32 Å². The molecule has 1 N–H and O–H groups in total. The monoisotopic (exact) mass is 263 g/mol. The minimum absolute atomic E-state index is 0.564.